The van der Waals surface area contributed by atoms with E-state index in [1.54, 1.807) is 37.6 Å². The van der Waals surface area contributed by atoms with Gasteiger partial charge in [0, 0.05) is 24.3 Å². The number of rotatable bonds is 8. The molecular formula is C22H24FN5O3. The summed E-state index contributed by atoms with van der Waals surface area (Å²) in [5, 5.41) is 6.80. The number of hydrogen-bond donors (Lipinski definition) is 2. The van der Waals surface area contributed by atoms with Crippen LogP contribution in [-0.4, -0.2) is 48.3 Å². The van der Waals surface area contributed by atoms with Crippen LogP contribution in [-0.2, 0) is 0 Å². The first-order valence-electron chi connectivity index (χ1n) is 10.0. The number of hydrogen-bond acceptors (Lipinski definition) is 8. The summed E-state index contributed by atoms with van der Waals surface area (Å²) in [5.41, 5.74) is 1.07. The Hall–Kier alpha value is -3.46. The van der Waals surface area contributed by atoms with Crippen molar-refractivity contribution in [3.63, 3.8) is 0 Å². The van der Waals surface area contributed by atoms with Crippen molar-refractivity contribution >= 4 is 5.69 Å². The van der Waals surface area contributed by atoms with Crippen molar-refractivity contribution in [1.29, 1.82) is 0 Å². The number of nitrogens with zero attached hydrogens (tertiary/aromatic N) is 3. The Kier molecular flexibility index (Phi) is 6.42. The molecule has 0 bridgehead atoms. The van der Waals surface area contributed by atoms with Crippen LogP contribution in [0.15, 0.2) is 42.7 Å². The fraction of sp³-hybridized carbons (Fsp3) is 0.318. The Labute approximate surface area is 179 Å². The molecule has 9 heteroatoms. The minimum atomic E-state index is -0.587. The number of anilines is 1. The first kappa shape index (κ1) is 20.8. The van der Waals surface area contributed by atoms with Gasteiger partial charge in [-0.05, 0) is 49.7 Å². The molecular weight excluding hydrogens is 401 g/mol. The second kappa shape index (κ2) is 9.57. The van der Waals surface area contributed by atoms with Gasteiger partial charge in [0.1, 0.15) is 17.2 Å². The fourth-order valence-electron chi connectivity index (χ4n) is 3.32. The predicted molar refractivity (Wildman–Crippen MR) is 114 cm³/mol. The van der Waals surface area contributed by atoms with Crippen LogP contribution in [0.4, 0.5) is 10.1 Å². The standard InChI is InChI=1S/C22H24FN5O3/c1-29-16-5-7-17(8-6-16)31-22-19(25-12-15-4-3-9-24-15)13-26-20(28-22)14-10-18(23)21(30-2)27-11-14/h5-8,10-11,13,15,24-25H,3-4,9,12H2,1-2H3/t15-/m0/s1. The molecule has 2 aromatic heterocycles. The SMILES string of the molecule is COc1ccc(Oc2nc(-c3cnc(OC)c(F)c3)ncc2NC[C@@H]2CCCN2)cc1. The maximum atomic E-state index is 14.1. The van der Waals surface area contributed by atoms with Crippen molar-refractivity contribution in [1.82, 2.24) is 20.3 Å². The van der Waals surface area contributed by atoms with E-state index in [9.17, 15) is 4.39 Å². The Morgan fingerprint density at radius 3 is 2.55 bits per heavy atom. The predicted octanol–water partition coefficient (Wildman–Crippen LogP) is 3.65. The topological polar surface area (TPSA) is 90.4 Å². The lowest BCUT2D eigenvalue weighted by Gasteiger charge is -2.16. The van der Waals surface area contributed by atoms with Gasteiger partial charge >= 0.3 is 0 Å². The van der Waals surface area contributed by atoms with E-state index in [1.165, 1.54) is 19.4 Å². The maximum Gasteiger partial charge on any atom is 0.250 e. The quantitative estimate of drug-likeness (QED) is 0.565. The zero-order chi connectivity index (χ0) is 21.6. The molecule has 1 saturated heterocycles. The highest BCUT2D eigenvalue weighted by molar-refractivity contribution is 5.60. The van der Waals surface area contributed by atoms with Crippen LogP contribution in [0.25, 0.3) is 11.4 Å². The molecule has 0 aliphatic carbocycles. The zero-order valence-corrected chi connectivity index (χ0v) is 17.4. The summed E-state index contributed by atoms with van der Waals surface area (Å²) in [5.74, 6) is 1.27. The molecule has 0 amide bonds. The Morgan fingerprint density at radius 2 is 1.87 bits per heavy atom. The van der Waals surface area contributed by atoms with Gasteiger partial charge in [0.05, 0.1) is 20.4 Å². The third kappa shape index (κ3) is 5.00. The summed E-state index contributed by atoms with van der Waals surface area (Å²) in [6.07, 6.45) is 5.37. The van der Waals surface area contributed by atoms with Crippen LogP contribution < -0.4 is 24.8 Å². The number of halogens is 1. The summed E-state index contributed by atoms with van der Waals surface area (Å²) in [7, 11) is 2.97. The van der Waals surface area contributed by atoms with E-state index in [0.717, 1.165) is 31.7 Å². The summed E-state index contributed by atoms with van der Waals surface area (Å²) in [6.45, 7) is 1.74. The van der Waals surface area contributed by atoms with Crippen molar-refractivity contribution in [2.24, 2.45) is 0 Å². The molecule has 1 fully saturated rings. The average molecular weight is 425 g/mol. The molecule has 0 saturated carbocycles. The number of ether oxygens (including phenoxy) is 3. The third-order valence-electron chi connectivity index (χ3n) is 4.99. The third-order valence-corrected chi connectivity index (χ3v) is 4.99. The molecule has 1 aliphatic heterocycles. The monoisotopic (exact) mass is 425 g/mol. The summed E-state index contributed by atoms with van der Waals surface area (Å²) >= 11 is 0. The Morgan fingerprint density at radius 1 is 1.06 bits per heavy atom. The second-order valence-corrected chi connectivity index (χ2v) is 7.08. The van der Waals surface area contributed by atoms with Gasteiger partial charge in [0.15, 0.2) is 11.6 Å². The molecule has 0 spiro atoms. The lowest BCUT2D eigenvalue weighted by Crippen LogP contribution is -2.29. The van der Waals surface area contributed by atoms with Crippen molar-refractivity contribution in [3.8, 4) is 34.6 Å². The van der Waals surface area contributed by atoms with Gasteiger partial charge in [-0.3, -0.25) is 0 Å². The molecule has 3 heterocycles. The van der Waals surface area contributed by atoms with Crippen molar-refractivity contribution in [2.75, 3.05) is 32.6 Å². The molecule has 3 aromatic rings. The molecule has 0 radical (unpaired) electrons. The first-order valence-corrected chi connectivity index (χ1v) is 10.0. The van der Waals surface area contributed by atoms with Gasteiger partial charge in [-0.15, -0.1) is 0 Å². The van der Waals surface area contributed by atoms with E-state index < -0.39 is 5.82 Å². The molecule has 0 unspecified atom stereocenters. The smallest absolute Gasteiger partial charge is 0.250 e. The van der Waals surface area contributed by atoms with Crippen LogP contribution in [0.1, 0.15) is 12.8 Å². The molecule has 1 aromatic carbocycles. The highest BCUT2D eigenvalue weighted by atomic mass is 19.1. The zero-order valence-electron chi connectivity index (χ0n) is 17.4. The van der Waals surface area contributed by atoms with Gasteiger partial charge < -0.3 is 24.8 Å². The first-order chi connectivity index (χ1) is 15.2. The highest BCUT2D eigenvalue weighted by Crippen LogP contribution is 2.31. The van der Waals surface area contributed by atoms with Crippen LogP contribution >= 0.6 is 0 Å². The van der Waals surface area contributed by atoms with Gasteiger partial charge in [-0.1, -0.05) is 0 Å². The number of benzene rings is 1. The summed E-state index contributed by atoms with van der Waals surface area (Å²) in [6, 6.07) is 8.85. The van der Waals surface area contributed by atoms with E-state index in [0.29, 0.717) is 34.7 Å². The van der Waals surface area contributed by atoms with E-state index >= 15 is 0 Å². The molecule has 1 aliphatic rings. The molecule has 1 atom stereocenters. The van der Waals surface area contributed by atoms with Crippen molar-refractivity contribution in [2.45, 2.75) is 18.9 Å². The van der Waals surface area contributed by atoms with Gasteiger partial charge in [-0.2, -0.15) is 4.98 Å². The maximum absolute atomic E-state index is 14.1. The van der Waals surface area contributed by atoms with Crippen LogP contribution in [0.3, 0.4) is 0 Å². The van der Waals surface area contributed by atoms with Gasteiger partial charge in [0.25, 0.3) is 0 Å². The Bertz CT molecular complexity index is 1030. The number of aromatic nitrogens is 3. The second-order valence-electron chi connectivity index (χ2n) is 7.08. The average Bonchev–Trinajstić information content (AvgIpc) is 3.32. The lowest BCUT2D eigenvalue weighted by atomic mass is 10.2. The molecule has 4 rings (SSSR count). The Balaban J connectivity index is 1.62. The van der Waals surface area contributed by atoms with E-state index in [-0.39, 0.29) is 5.88 Å². The minimum absolute atomic E-state index is 0.0826. The van der Waals surface area contributed by atoms with Gasteiger partial charge in [0.2, 0.25) is 11.8 Å². The summed E-state index contributed by atoms with van der Waals surface area (Å²) in [4.78, 5) is 12.9. The molecule has 8 nitrogen and oxygen atoms in total. The number of methoxy groups -OCH3 is 2. The van der Waals surface area contributed by atoms with E-state index in [4.69, 9.17) is 14.2 Å². The molecule has 162 valence electrons. The number of pyridine rings is 1. The molecule has 31 heavy (non-hydrogen) atoms. The lowest BCUT2D eigenvalue weighted by molar-refractivity contribution is 0.369. The largest absolute Gasteiger partial charge is 0.497 e. The minimum Gasteiger partial charge on any atom is -0.497 e. The molecule has 2 N–H and O–H groups in total. The number of nitrogens with one attached hydrogen (secondary N) is 2. The van der Waals surface area contributed by atoms with Crippen LogP contribution in [0, 0.1) is 5.82 Å². The van der Waals surface area contributed by atoms with E-state index in [1.807, 2.05) is 0 Å². The van der Waals surface area contributed by atoms with E-state index in [2.05, 4.69) is 25.6 Å². The van der Waals surface area contributed by atoms with Gasteiger partial charge in [-0.25, -0.2) is 14.4 Å². The normalized spacial score (nSPS) is 15.5. The van der Waals surface area contributed by atoms with Crippen LogP contribution in [0.5, 0.6) is 23.3 Å². The fourth-order valence-corrected chi connectivity index (χ4v) is 3.32. The summed E-state index contributed by atoms with van der Waals surface area (Å²) < 4.78 is 30.2. The van der Waals surface area contributed by atoms with Crippen LogP contribution in [0.2, 0.25) is 0 Å². The highest BCUT2D eigenvalue weighted by Gasteiger charge is 2.17. The van der Waals surface area contributed by atoms with Crippen molar-refractivity contribution in [3.05, 3.63) is 48.5 Å². The van der Waals surface area contributed by atoms with Crippen molar-refractivity contribution < 1.29 is 18.6 Å².